The van der Waals surface area contributed by atoms with Crippen LogP contribution in [0.2, 0.25) is 5.28 Å². The molecule has 0 aliphatic heterocycles. The summed E-state index contributed by atoms with van der Waals surface area (Å²) in [5.74, 6) is 0.665. The van der Waals surface area contributed by atoms with Gasteiger partial charge in [0.25, 0.3) is 0 Å². The summed E-state index contributed by atoms with van der Waals surface area (Å²) in [5.41, 5.74) is 0.905. The number of halogens is 1. The molecule has 0 saturated heterocycles. The Balaban J connectivity index is 2.80. The molecule has 5 heteroatoms. The van der Waals surface area contributed by atoms with Gasteiger partial charge in [-0.05, 0) is 32.4 Å². The number of rotatable bonds is 3. The summed E-state index contributed by atoms with van der Waals surface area (Å²) >= 11 is 5.66. The molecule has 2 atom stereocenters. The Morgan fingerprint density at radius 2 is 2.14 bits per heavy atom. The summed E-state index contributed by atoms with van der Waals surface area (Å²) in [4.78, 5) is 7.87. The van der Waals surface area contributed by atoms with Gasteiger partial charge in [-0.2, -0.15) is 0 Å². The molecular formula is C9H14ClN3O. The Hall–Kier alpha value is -0.870. The summed E-state index contributed by atoms with van der Waals surface area (Å²) in [5, 5.41) is 12.6. The molecule has 1 heterocycles. The van der Waals surface area contributed by atoms with E-state index in [2.05, 4.69) is 15.3 Å². The number of aliphatic hydroxyl groups excluding tert-OH is 1. The Morgan fingerprint density at radius 3 is 2.71 bits per heavy atom. The van der Waals surface area contributed by atoms with E-state index < -0.39 is 6.10 Å². The molecule has 0 fully saturated rings. The van der Waals surface area contributed by atoms with E-state index in [1.807, 2.05) is 13.8 Å². The van der Waals surface area contributed by atoms with Crippen LogP contribution in [0.25, 0.3) is 0 Å². The molecule has 0 aliphatic rings. The molecule has 1 aromatic heterocycles. The smallest absolute Gasteiger partial charge is 0.224 e. The van der Waals surface area contributed by atoms with Gasteiger partial charge in [0, 0.05) is 11.8 Å². The van der Waals surface area contributed by atoms with E-state index in [1.165, 1.54) is 0 Å². The predicted molar refractivity (Wildman–Crippen MR) is 56.5 cm³/mol. The lowest BCUT2D eigenvalue weighted by Crippen LogP contribution is -2.28. The number of aromatic nitrogens is 2. The molecule has 0 amide bonds. The van der Waals surface area contributed by atoms with Crippen LogP contribution in [0.3, 0.4) is 0 Å². The summed E-state index contributed by atoms with van der Waals surface area (Å²) in [7, 11) is 0. The van der Waals surface area contributed by atoms with Crippen molar-refractivity contribution in [3.8, 4) is 0 Å². The lowest BCUT2D eigenvalue weighted by Gasteiger charge is -2.18. The lowest BCUT2D eigenvalue weighted by molar-refractivity contribution is 0.177. The van der Waals surface area contributed by atoms with Gasteiger partial charge in [0.2, 0.25) is 5.28 Å². The molecule has 4 nitrogen and oxygen atoms in total. The van der Waals surface area contributed by atoms with Crippen LogP contribution in [-0.4, -0.2) is 27.2 Å². The van der Waals surface area contributed by atoms with Gasteiger partial charge in [-0.15, -0.1) is 0 Å². The molecule has 0 aliphatic carbocycles. The molecular weight excluding hydrogens is 202 g/mol. The third kappa shape index (κ3) is 2.82. The van der Waals surface area contributed by atoms with Crippen molar-refractivity contribution >= 4 is 17.4 Å². The number of aliphatic hydroxyl groups is 1. The van der Waals surface area contributed by atoms with Crippen molar-refractivity contribution in [2.24, 2.45) is 0 Å². The van der Waals surface area contributed by atoms with E-state index >= 15 is 0 Å². The van der Waals surface area contributed by atoms with Gasteiger partial charge in [-0.1, -0.05) is 0 Å². The first kappa shape index (κ1) is 11.2. The zero-order chi connectivity index (χ0) is 10.7. The van der Waals surface area contributed by atoms with Crippen molar-refractivity contribution in [1.29, 1.82) is 0 Å². The number of nitrogens with zero attached hydrogens (tertiary/aromatic N) is 2. The minimum atomic E-state index is -0.442. The lowest BCUT2D eigenvalue weighted by atomic mass is 10.2. The Kier molecular flexibility index (Phi) is 3.66. The van der Waals surface area contributed by atoms with E-state index in [9.17, 15) is 5.11 Å². The maximum atomic E-state index is 9.30. The third-order valence-corrected chi connectivity index (χ3v) is 2.21. The van der Waals surface area contributed by atoms with Crippen LogP contribution in [0.1, 0.15) is 19.4 Å². The Labute approximate surface area is 88.3 Å². The highest BCUT2D eigenvalue weighted by molar-refractivity contribution is 6.28. The summed E-state index contributed by atoms with van der Waals surface area (Å²) in [6.07, 6.45) is 1.20. The third-order valence-electron chi connectivity index (χ3n) is 2.03. The van der Waals surface area contributed by atoms with Crippen LogP contribution in [0, 0.1) is 6.92 Å². The highest BCUT2D eigenvalue weighted by Gasteiger charge is 2.10. The molecule has 2 unspecified atom stereocenters. The van der Waals surface area contributed by atoms with Gasteiger partial charge >= 0.3 is 0 Å². The molecule has 14 heavy (non-hydrogen) atoms. The Morgan fingerprint density at radius 1 is 1.50 bits per heavy atom. The topological polar surface area (TPSA) is 58.0 Å². The van der Waals surface area contributed by atoms with Crippen LogP contribution >= 0.6 is 11.6 Å². The van der Waals surface area contributed by atoms with Gasteiger partial charge in [-0.25, -0.2) is 9.97 Å². The SMILES string of the molecule is Cc1cnc(Cl)nc1NC(C)C(C)O. The second-order valence-electron chi connectivity index (χ2n) is 3.34. The Bertz CT molecular complexity index is 317. The molecule has 0 aromatic carbocycles. The summed E-state index contributed by atoms with van der Waals surface area (Å²) < 4.78 is 0. The largest absolute Gasteiger partial charge is 0.391 e. The van der Waals surface area contributed by atoms with E-state index in [-0.39, 0.29) is 11.3 Å². The van der Waals surface area contributed by atoms with Crippen molar-refractivity contribution < 1.29 is 5.11 Å². The predicted octanol–water partition coefficient (Wildman–Crippen LogP) is 1.62. The maximum Gasteiger partial charge on any atom is 0.224 e. The molecule has 78 valence electrons. The molecule has 1 aromatic rings. The molecule has 0 saturated carbocycles. The quantitative estimate of drug-likeness (QED) is 0.753. The summed E-state index contributed by atoms with van der Waals surface area (Å²) in [6, 6.07) is -0.0698. The fourth-order valence-corrected chi connectivity index (χ4v) is 1.04. The minimum Gasteiger partial charge on any atom is -0.391 e. The first-order chi connectivity index (χ1) is 6.50. The van der Waals surface area contributed by atoms with Crippen LogP contribution in [-0.2, 0) is 0 Å². The highest BCUT2D eigenvalue weighted by atomic mass is 35.5. The second kappa shape index (κ2) is 4.57. The zero-order valence-corrected chi connectivity index (χ0v) is 9.21. The number of aryl methyl sites for hydroxylation is 1. The number of hydrogen-bond acceptors (Lipinski definition) is 4. The van der Waals surface area contributed by atoms with Crippen molar-refractivity contribution in [2.45, 2.75) is 32.9 Å². The van der Waals surface area contributed by atoms with Gasteiger partial charge in [-0.3, -0.25) is 0 Å². The fraction of sp³-hybridized carbons (Fsp3) is 0.556. The van der Waals surface area contributed by atoms with Gasteiger partial charge < -0.3 is 10.4 Å². The van der Waals surface area contributed by atoms with Crippen molar-refractivity contribution in [3.05, 3.63) is 17.0 Å². The zero-order valence-electron chi connectivity index (χ0n) is 8.45. The van der Waals surface area contributed by atoms with Gasteiger partial charge in [0.15, 0.2) is 0 Å². The van der Waals surface area contributed by atoms with Crippen molar-refractivity contribution in [3.63, 3.8) is 0 Å². The molecule has 0 bridgehead atoms. The average Bonchev–Trinajstić information content (AvgIpc) is 2.11. The normalized spacial score (nSPS) is 14.9. The highest BCUT2D eigenvalue weighted by Crippen LogP contribution is 2.14. The molecule has 0 spiro atoms. The standard InChI is InChI=1S/C9H14ClN3O/c1-5-4-11-9(10)13-8(5)12-6(2)7(3)14/h4,6-7,14H,1-3H3,(H,11,12,13). The average molecular weight is 216 g/mol. The second-order valence-corrected chi connectivity index (χ2v) is 3.68. The molecule has 2 N–H and O–H groups in total. The van der Waals surface area contributed by atoms with Gasteiger partial charge in [0.05, 0.1) is 12.1 Å². The van der Waals surface area contributed by atoms with Crippen molar-refractivity contribution in [1.82, 2.24) is 9.97 Å². The number of nitrogens with one attached hydrogen (secondary N) is 1. The molecule has 1 rings (SSSR count). The van der Waals surface area contributed by atoms with Crippen LogP contribution in [0.5, 0.6) is 0 Å². The first-order valence-electron chi connectivity index (χ1n) is 4.44. The minimum absolute atomic E-state index is 0.0698. The van der Waals surface area contributed by atoms with Crippen LogP contribution < -0.4 is 5.32 Å². The maximum absolute atomic E-state index is 9.30. The summed E-state index contributed by atoms with van der Waals surface area (Å²) in [6.45, 7) is 5.48. The number of hydrogen-bond donors (Lipinski definition) is 2. The van der Waals surface area contributed by atoms with Gasteiger partial charge in [0.1, 0.15) is 5.82 Å². The first-order valence-corrected chi connectivity index (χ1v) is 4.82. The number of anilines is 1. The van der Waals surface area contributed by atoms with Crippen molar-refractivity contribution in [2.75, 3.05) is 5.32 Å². The van der Waals surface area contributed by atoms with E-state index in [0.29, 0.717) is 5.82 Å². The van der Waals surface area contributed by atoms with Crippen LogP contribution in [0.15, 0.2) is 6.20 Å². The van der Waals surface area contributed by atoms with E-state index in [1.54, 1.807) is 13.1 Å². The fourth-order valence-electron chi connectivity index (χ4n) is 0.903. The van der Waals surface area contributed by atoms with E-state index in [0.717, 1.165) is 5.56 Å². The molecule has 0 radical (unpaired) electrons. The van der Waals surface area contributed by atoms with Crippen LogP contribution in [0.4, 0.5) is 5.82 Å². The van der Waals surface area contributed by atoms with E-state index in [4.69, 9.17) is 11.6 Å². The monoisotopic (exact) mass is 215 g/mol.